The van der Waals surface area contributed by atoms with Crippen LogP contribution in [-0.2, 0) is 9.59 Å². The molecule has 1 saturated heterocycles. The van der Waals surface area contributed by atoms with Crippen LogP contribution in [0.1, 0.15) is 11.1 Å². The van der Waals surface area contributed by atoms with Crippen LogP contribution >= 0.6 is 23.4 Å². The Hall–Kier alpha value is -3.76. The van der Waals surface area contributed by atoms with Gasteiger partial charge in [0.05, 0.1) is 11.1 Å². The molecule has 1 aromatic heterocycles. The first kappa shape index (κ1) is 23.4. The fraction of sp³-hybridized carbons (Fsp3) is 0.0870. The molecule has 1 fully saturated rings. The van der Waals surface area contributed by atoms with Gasteiger partial charge < -0.3 is 10.1 Å². The van der Waals surface area contributed by atoms with E-state index in [1.807, 2.05) is 19.1 Å². The van der Waals surface area contributed by atoms with Crippen molar-refractivity contribution in [1.29, 1.82) is 0 Å². The second kappa shape index (κ2) is 10.0. The van der Waals surface area contributed by atoms with Gasteiger partial charge in [0.2, 0.25) is 17.0 Å². The Balaban J connectivity index is 1.45. The smallest absolute Gasteiger partial charge is 0.294 e. The highest BCUT2D eigenvalue weighted by Crippen LogP contribution is 2.33. The van der Waals surface area contributed by atoms with Crippen LogP contribution in [0.15, 0.2) is 59.6 Å². The van der Waals surface area contributed by atoms with E-state index >= 15 is 0 Å². The molecule has 1 N–H and O–H groups in total. The van der Waals surface area contributed by atoms with E-state index in [4.69, 9.17) is 16.3 Å². The maximum atomic E-state index is 13.8. The number of aromatic nitrogens is 2. The molecule has 4 rings (SSSR count). The normalized spacial score (nSPS) is 14.6. The number of carbonyl (C=O) groups excluding carboxylic acids is 3. The number of thioether (sulfide) groups is 1. The van der Waals surface area contributed by atoms with E-state index in [1.165, 1.54) is 12.1 Å². The summed E-state index contributed by atoms with van der Waals surface area (Å²) in [5.41, 5.74) is 2.12. The minimum absolute atomic E-state index is 0.140. The monoisotopic (exact) mass is 498 g/mol. The number of nitrogens with zero attached hydrogens (tertiary/aromatic N) is 3. The molecule has 0 spiro atoms. The van der Waals surface area contributed by atoms with Crippen LogP contribution in [0.2, 0.25) is 5.28 Å². The van der Waals surface area contributed by atoms with Gasteiger partial charge in [-0.1, -0.05) is 29.8 Å². The van der Waals surface area contributed by atoms with Gasteiger partial charge in [-0.15, -0.1) is 0 Å². The summed E-state index contributed by atoms with van der Waals surface area (Å²) in [6.45, 7) is 1.51. The molecule has 8 nitrogen and oxygen atoms in total. The molecule has 1 aliphatic heterocycles. The first-order valence-corrected chi connectivity index (χ1v) is 11.1. The Morgan fingerprint density at radius 1 is 1.24 bits per heavy atom. The second-order valence-corrected chi connectivity index (χ2v) is 8.48. The standard InChI is InChI=1S/C23H16ClFN4O4S/c1-13-5-7-15(8-6-13)27-19(30)12-29-21(31)18(34-23(29)32)10-14-3-2-4-16(9-14)33-20-17(25)11-26-22(24)28-20/h2-11H,12H2,1H3,(H,27,30)/b18-10+. The molecule has 2 aromatic carbocycles. The van der Waals surface area contributed by atoms with Gasteiger partial charge in [0, 0.05) is 5.69 Å². The van der Waals surface area contributed by atoms with E-state index in [2.05, 4.69) is 15.3 Å². The number of aryl methyl sites for hydroxylation is 1. The van der Waals surface area contributed by atoms with Gasteiger partial charge in [-0.2, -0.15) is 9.37 Å². The largest absolute Gasteiger partial charge is 0.436 e. The zero-order valence-electron chi connectivity index (χ0n) is 17.6. The van der Waals surface area contributed by atoms with Crippen molar-refractivity contribution in [3.05, 3.63) is 81.9 Å². The molecular weight excluding hydrogens is 483 g/mol. The van der Waals surface area contributed by atoms with E-state index in [0.717, 1.165) is 28.4 Å². The molecule has 0 unspecified atom stereocenters. The average Bonchev–Trinajstić information content (AvgIpc) is 3.05. The minimum Gasteiger partial charge on any atom is -0.436 e. The second-order valence-electron chi connectivity index (χ2n) is 7.15. The molecule has 34 heavy (non-hydrogen) atoms. The molecular formula is C23H16ClFN4O4S. The Kier molecular flexibility index (Phi) is 6.90. The van der Waals surface area contributed by atoms with Gasteiger partial charge in [0.1, 0.15) is 12.3 Å². The lowest BCUT2D eigenvalue weighted by atomic mass is 10.2. The summed E-state index contributed by atoms with van der Waals surface area (Å²) >= 11 is 6.40. The lowest BCUT2D eigenvalue weighted by molar-refractivity contribution is -0.127. The number of halogens is 2. The number of carbonyl (C=O) groups is 3. The Morgan fingerprint density at radius 2 is 2.00 bits per heavy atom. The zero-order chi connectivity index (χ0) is 24.2. The van der Waals surface area contributed by atoms with Crippen molar-refractivity contribution in [3.8, 4) is 11.6 Å². The average molecular weight is 499 g/mol. The van der Waals surface area contributed by atoms with E-state index < -0.39 is 29.4 Å². The molecule has 172 valence electrons. The van der Waals surface area contributed by atoms with Gasteiger partial charge in [-0.05, 0) is 66.2 Å². The number of imide groups is 1. The number of ether oxygens (including phenoxy) is 1. The number of hydrogen-bond acceptors (Lipinski definition) is 7. The van der Waals surface area contributed by atoms with Crippen LogP contribution in [0, 0.1) is 12.7 Å². The van der Waals surface area contributed by atoms with Crippen LogP contribution in [0.3, 0.4) is 0 Å². The van der Waals surface area contributed by atoms with Crippen molar-refractivity contribution in [2.24, 2.45) is 0 Å². The molecule has 0 atom stereocenters. The fourth-order valence-electron chi connectivity index (χ4n) is 2.95. The van der Waals surface area contributed by atoms with E-state index in [9.17, 15) is 18.8 Å². The molecule has 1 aliphatic rings. The third kappa shape index (κ3) is 5.59. The number of hydrogen-bond donors (Lipinski definition) is 1. The molecule has 0 aliphatic carbocycles. The quantitative estimate of drug-likeness (QED) is 0.375. The third-order valence-electron chi connectivity index (χ3n) is 4.56. The number of amides is 3. The van der Waals surface area contributed by atoms with Crippen molar-refractivity contribution in [2.75, 3.05) is 11.9 Å². The SMILES string of the molecule is Cc1ccc(NC(=O)CN2C(=O)S/C(=C/c3cccc(Oc4nc(Cl)ncc4F)c3)C2=O)cc1. The van der Waals surface area contributed by atoms with Crippen LogP contribution in [0.25, 0.3) is 6.08 Å². The molecule has 11 heteroatoms. The van der Waals surface area contributed by atoms with Gasteiger partial charge in [-0.3, -0.25) is 19.3 Å². The summed E-state index contributed by atoms with van der Waals surface area (Å²) in [5, 5.41) is 1.93. The summed E-state index contributed by atoms with van der Waals surface area (Å²) in [6, 6.07) is 13.5. The van der Waals surface area contributed by atoms with Crippen LogP contribution in [0.5, 0.6) is 11.6 Å². The molecule has 2 heterocycles. The molecule has 0 bridgehead atoms. The molecule has 0 saturated carbocycles. The molecule has 3 amide bonds. The maximum Gasteiger partial charge on any atom is 0.294 e. The molecule has 3 aromatic rings. The van der Waals surface area contributed by atoms with E-state index in [1.54, 1.807) is 30.3 Å². The summed E-state index contributed by atoms with van der Waals surface area (Å²) in [5.74, 6) is -1.99. The number of nitrogens with one attached hydrogen (secondary N) is 1. The Bertz CT molecular complexity index is 1320. The first-order valence-electron chi connectivity index (χ1n) is 9.86. The highest BCUT2D eigenvalue weighted by molar-refractivity contribution is 8.18. The number of anilines is 1. The topological polar surface area (TPSA) is 101 Å². The third-order valence-corrected chi connectivity index (χ3v) is 5.65. The van der Waals surface area contributed by atoms with Crippen LogP contribution in [0.4, 0.5) is 14.9 Å². The van der Waals surface area contributed by atoms with Gasteiger partial charge >= 0.3 is 0 Å². The van der Waals surface area contributed by atoms with Crippen molar-refractivity contribution >= 4 is 52.2 Å². The van der Waals surface area contributed by atoms with Crippen LogP contribution < -0.4 is 10.1 Å². The summed E-state index contributed by atoms with van der Waals surface area (Å²) in [7, 11) is 0. The van der Waals surface area contributed by atoms with Crippen molar-refractivity contribution in [1.82, 2.24) is 14.9 Å². The lowest BCUT2D eigenvalue weighted by Crippen LogP contribution is -2.36. The summed E-state index contributed by atoms with van der Waals surface area (Å²) in [6.07, 6.45) is 2.37. The summed E-state index contributed by atoms with van der Waals surface area (Å²) in [4.78, 5) is 45.6. The predicted molar refractivity (Wildman–Crippen MR) is 126 cm³/mol. The highest BCUT2D eigenvalue weighted by atomic mass is 35.5. The van der Waals surface area contributed by atoms with Gasteiger partial charge in [0.25, 0.3) is 17.0 Å². The predicted octanol–water partition coefficient (Wildman–Crippen LogP) is 5.04. The lowest BCUT2D eigenvalue weighted by Gasteiger charge is -2.12. The number of benzene rings is 2. The zero-order valence-corrected chi connectivity index (χ0v) is 19.2. The van der Waals surface area contributed by atoms with E-state index in [-0.39, 0.29) is 21.8 Å². The van der Waals surface area contributed by atoms with Gasteiger partial charge in [-0.25, -0.2) is 4.98 Å². The Morgan fingerprint density at radius 3 is 2.76 bits per heavy atom. The molecule has 0 radical (unpaired) electrons. The van der Waals surface area contributed by atoms with Crippen LogP contribution in [-0.4, -0.2) is 38.5 Å². The fourth-order valence-corrected chi connectivity index (χ4v) is 3.91. The number of rotatable bonds is 6. The van der Waals surface area contributed by atoms with Crippen molar-refractivity contribution in [2.45, 2.75) is 6.92 Å². The van der Waals surface area contributed by atoms with Gasteiger partial charge in [0.15, 0.2) is 0 Å². The van der Waals surface area contributed by atoms with Crippen molar-refractivity contribution < 1.29 is 23.5 Å². The van der Waals surface area contributed by atoms with Crippen molar-refractivity contribution in [3.63, 3.8) is 0 Å². The minimum atomic E-state index is -0.792. The highest BCUT2D eigenvalue weighted by Gasteiger charge is 2.36. The summed E-state index contributed by atoms with van der Waals surface area (Å²) < 4.78 is 19.3. The first-order chi connectivity index (χ1) is 16.3. The Labute approximate surface area is 202 Å². The maximum absolute atomic E-state index is 13.8. The van der Waals surface area contributed by atoms with E-state index in [0.29, 0.717) is 11.3 Å².